The minimum atomic E-state index is 0.0305. The lowest BCUT2D eigenvalue weighted by Gasteiger charge is -2.17. The van der Waals surface area contributed by atoms with Crippen LogP contribution in [0.25, 0.3) is 5.69 Å². The average molecular weight is 284 g/mol. The van der Waals surface area contributed by atoms with Crippen LogP contribution in [0, 0.1) is 5.92 Å². The zero-order valence-corrected chi connectivity index (χ0v) is 12.2. The number of nitrogens with one attached hydrogen (secondary N) is 1. The number of hydrogen-bond donors (Lipinski definition) is 1. The Bertz CT molecular complexity index is 585. The SMILES string of the molecule is CC(NC(=O)C1CCCC1)c1ccc(-n2cncn2)cc1. The van der Waals surface area contributed by atoms with Crippen LogP contribution in [0.3, 0.4) is 0 Å². The predicted molar refractivity (Wildman–Crippen MR) is 79.9 cm³/mol. The minimum absolute atomic E-state index is 0.0305. The summed E-state index contributed by atoms with van der Waals surface area (Å²) in [7, 11) is 0. The van der Waals surface area contributed by atoms with Gasteiger partial charge in [0.25, 0.3) is 0 Å². The molecule has 0 bridgehead atoms. The number of nitrogens with zero attached hydrogens (tertiary/aromatic N) is 3. The number of amides is 1. The summed E-state index contributed by atoms with van der Waals surface area (Å²) >= 11 is 0. The molecule has 0 spiro atoms. The molecule has 1 aliphatic rings. The van der Waals surface area contributed by atoms with Gasteiger partial charge in [-0.05, 0) is 37.5 Å². The van der Waals surface area contributed by atoms with Crippen LogP contribution in [0.5, 0.6) is 0 Å². The maximum Gasteiger partial charge on any atom is 0.223 e. The molecule has 21 heavy (non-hydrogen) atoms. The maximum absolute atomic E-state index is 12.1. The van der Waals surface area contributed by atoms with E-state index >= 15 is 0 Å². The molecule has 5 heteroatoms. The molecule has 0 saturated heterocycles. The van der Waals surface area contributed by atoms with Crippen molar-refractivity contribution in [3.05, 3.63) is 42.5 Å². The third-order valence-electron chi connectivity index (χ3n) is 4.16. The molecule has 1 fully saturated rings. The first-order valence-corrected chi connectivity index (χ1v) is 7.49. The van der Waals surface area contributed by atoms with Crippen molar-refractivity contribution in [2.75, 3.05) is 0 Å². The second-order valence-electron chi connectivity index (χ2n) is 5.64. The van der Waals surface area contributed by atoms with Gasteiger partial charge in [-0.15, -0.1) is 0 Å². The molecule has 0 aliphatic heterocycles. The maximum atomic E-state index is 12.1. The molecule has 1 heterocycles. The molecule has 1 saturated carbocycles. The molecule has 110 valence electrons. The fourth-order valence-corrected chi connectivity index (χ4v) is 2.86. The van der Waals surface area contributed by atoms with E-state index in [1.54, 1.807) is 11.0 Å². The van der Waals surface area contributed by atoms with Crippen LogP contribution >= 0.6 is 0 Å². The van der Waals surface area contributed by atoms with E-state index in [9.17, 15) is 4.79 Å². The normalized spacial score (nSPS) is 16.8. The Kier molecular flexibility index (Phi) is 3.99. The van der Waals surface area contributed by atoms with Gasteiger partial charge < -0.3 is 5.32 Å². The molecule has 5 nitrogen and oxygen atoms in total. The lowest BCUT2D eigenvalue weighted by Crippen LogP contribution is -2.31. The van der Waals surface area contributed by atoms with E-state index in [0.717, 1.165) is 24.1 Å². The van der Waals surface area contributed by atoms with Crippen molar-refractivity contribution in [1.29, 1.82) is 0 Å². The molecule has 0 radical (unpaired) electrons. The molecule has 1 N–H and O–H groups in total. The van der Waals surface area contributed by atoms with Crippen molar-refractivity contribution in [1.82, 2.24) is 20.1 Å². The van der Waals surface area contributed by atoms with Gasteiger partial charge in [-0.2, -0.15) is 5.10 Å². The van der Waals surface area contributed by atoms with Crippen LogP contribution in [-0.2, 0) is 4.79 Å². The van der Waals surface area contributed by atoms with Gasteiger partial charge >= 0.3 is 0 Å². The summed E-state index contributed by atoms with van der Waals surface area (Å²) in [5.74, 6) is 0.405. The van der Waals surface area contributed by atoms with Crippen LogP contribution in [0.2, 0.25) is 0 Å². The topological polar surface area (TPSA) is 59.8 Å². The molecular formula is C16H20N4O. The number of hydrogen-bond acceptors (Lipinski definition) is 3. The fourth-order valence-electron chi connectivity index (χ4n) is 2.86. The Hall–Kier alpha value is -2.17. The standard InChI is InChI=1S/C16H20N4O/c1-12(19-16(21)14-4-2-3-5-14)13-6-8-15(9-7-13)20-11-17-10-18-20/h6-12,14H,2-5H2,1H3,(H,19,21). The Morgan fingerprint density at radius 2 is 2.00 bits per heavy atom. The highest BCUT2D eigenvalue weighted by Crippen LogP contribution is 2.25. The number of rotatable bonds is 4. The summed E-state index contributed by atoms with van der Waals surface area (Å²) < 4.78 is 1.71. The Balaban J connectivity index is 1.64. The summed E-state index contributed by atoms with van der Waals surface area (Å²) in [6, 6.07) is 8.06. The molecule has 3 rings (SSSR count). The Morgan fingerprint density at radius 3 is 2.62 bits per heavy atom. The van der Waals surface area contributed by atoms with E-state index in [2.05, 4.69) is 15.4 Å². The van der Waals surface area contributed by atoms with E-state index in [1.165, 1.54) is 19.2 Å². The number of carbonyl (C=O) groups excluding carboxylic acids is 1. The highest BCUT2D eigenvalue weighted by atomic mass is 16.1. The zero-order valence-electron chi connectivity index (χ0n) is 12.2. The van der Waals surface area contributed by atoms with Crippen molar-refractivity contribution in [3.8, 4) is 5.69 Å². The van der Waals surface area contributed by atoms with Gasteiger partial charge in [0.2, 0.25) is 5.91 Å². The molecule has 1 unspecified atom stereocenters. The summed E-state index contributed by atoms with van der Waals surface area (Å²) in [4.78, 5) is 16.1. The van der Waals surface area contributed by atoms with Crippen molar-refractivity contribution in [3.63, 3.8) is 0 Å². The molecule has 2 aromatic rings. The molecule has 1 aromatic heterocycles. The van der Waals surface area contributed by atoms with Crippen LogP contribution < -0.4 is 5.32 Å². The zero-order chi connectivity index (χ0) is 14.7. The van der Waals surface area contributed by atoms with E-state index in [-0.39, 0.29) is 17.9 Å². The first kappa shape index (κ1) is 13.8. The highest BCUT2D eigenvalue weighted by Gasteiger charge is 2.23. The van der Waals surface area contributed by atoms with Crippen LogP contribution in [0.1, 0.15) is 44.2 Å². The van der Waals surface area contributed by atoms with Crippen molar-refractivity contribution in [2.24, 2.45) is 5.92 Å². The summed E-state index contributed by atoms with van der Waals surface area (Å²) in [6.45, 7) is 2.03. The second-order valence-corrected chi connectivity index (χ2v) is 5.64. The molecule has 1 amide bonds. The van der Waals surface area contributed by atoms with Crippen molar-refractivity contribution >= 4 is 5.91 Å². The van der Waals surface area contributed by atoms with E-state index < -0.39 is 0 Å². The Labute approximate surface area is 124 Å². The van der Waals surface area contributed by atoms with Gasteiger partial charge in [-0.1, -0.05) is 25.0 Å². The first-order valence-electron chi connectivity index (χ1n) is 7.49. The van der Waals surface area contributed by atoms with Gasteiger partial charge in [0.15, 0.2) is 0 Å². The van der Waals surface area contributed by atoms with Crippen molar-refractivity contribution < 1.29 is 4.79 Å². The van der Waals surface area contributed by atoms with E-state index in [0.29, 0.717) is 0 Å². The quantitative estimate of drug-likeness (QED) is 0.939. The number of aromatic nitrogens is 3. The third-order valence-corrected chi connectivity index (χ3v) is 4.16. The second kappa shape index (κ2) is 6.08. The number of benzene rings is 1. The molecule has 1 aliphatic carbocycles. The van der Waals surface area contributed by atoms with Gasteiger partial charge in [-0.25, -0.2) is 9.67 Å². The number of carbonyl (C=O) groups is 1. The molecule has 1 aromatic carbocycles. The van der Waals surface area contributed by atoms with Crippen LogP contribution in [0.4, 0.5) is 0 Å². The predicted octanol–water partition coefficient (Wildman–Crippen LogP) is 2.63. The lowest BCUT2D eigenvalue weighted by molar-refractivity contribution is -0.125. The fraction of sp³-hybridized carbons (Fsp3) is 0.438. The Morgan fingerprint density at radius 1 is 1.29 bits per heavy atom. The van der Waals surface area contributed by atoms with Gasteiger partial charge in [-0.3, -0.25) is 4.79 Å². The first-order chi connectivity index (χ1) is 10.2. The van der Waals surface area contributed by atoms with Gasteiger partial charge in [0, 0.05) is 5.92 Å². The third kappa shape index (κ3) is 3.12. The minimum Gasteiger partial charge on any atom is -0.349 e. The van der Waals surface area contributed by atoms with E-state index in [4.69, 9.17) is 0 Å². The largest absolute Gasteiger partial charge is 0.349 e. The van der Waals surface area contributed by atoms with E-state index in [1.807, 2.05) is 31.2 Å². The molecule has 1 atom stereocenters. The molecular weight excluding hydrogens is 264 g/mol. The smallest absolute Gasteiger partial charge is 0.223 e. The van der Waals surface area contributed by atoms with Crippen molar-refractivity contribution in [2.45, 2.75) is 38.6 Å². The van der Waals surface area contributed by atoms with Crippen LogP contribution in [-0.4, -0.2) is 20.7 Å². The monoisotopic (exact) mass is 284 g/mol. The average Bonchev–Trinajstić information content (AvgIpc) is 3.20. The van der Waals surface area contributed by atoms with Gasteiger partial charge in [0.05, 0.1) is 11.7 Å². The highest BCUT2D eigenvalue weighted by molar-refractivity contribution is 5.79. The summed E-state index contributed by atoms with van der Waals surface area (Å²) in [5, 5.41) is 7.22. The summed E-state index contributed by atoms with van der Waals surface area (Å²) in [6.07, 6.45) is 7.60. The van der Waals surface area contributed by atoms with Gasteiger partial charge in [0.1, 0.15) is 12.7 Å². The van der Waals surface area contributed by atoms with Crippen LogP contribution in [0.15, 0.2) is 36.9 Å². The summed E-state index contributed by atoms with van der Waals surface area (Å²) in [5.41, 5.74) is 2.07. The lowest BCUT2D eigenvalue weighted by atomic mass is 10.0.